The smallest absolute Gasteiger partial charge is 0.233 e. The Bertz CT molecular complexity index is 924. The predicted molar refractivity (Wildman–Crippen MR) is 112 cm³/mol. The Morgan fingerprint density at radius 1 is 1.18 bits per heavy atom. The maximum Gasteiger partial charge on any atom is 0.233 e. The van der Waals surface area contributed by atoms with E-state index in [1.54, 1.807) is 16.0 Å². The zero-order valence-electron chi connectivity index (χ0n) is 15.1. The van der Waals surface area contributed by atoms with Crippen LogP contribution in [0.2, 0.25) is 5.02 Å². The molecule has 0 atom stereocenters. The van der Waals surface area contributed by atoms with E-state index in [2.05, 4.69) is 20.4 Å². The van der Waals surface area contributed by atoms with Gasteiger partial charge in [-0.15, -0.1) is 16.4 Å². The first kappa shape index (κ1) is 19.2. The number of carbonyl (C=O) groups is 1. The second-order valence-electron chi connectivity index (χ2n) is 6.33. The first-order chi connectivity index (χ1) is 13.7. The van der Waals surface area contributed by atoms with E-state index in [4.69, 9.17) is 11.6 Å². The highest BCUT2D eigenvalue weighted by Crippen LogP contribution is 2.22. The number of thioether (sulfide) groups is 1. The van der Waals surface area contributed by atoms with Crippen LogP contribution in [0.4, 0.5) is 5.69 Å². The van der Waals surface area contributed by atoms with Gasteiger partial charge in [0, 0.05) is 41.8 Å². The first-order valence-electron chi connectivity index (χ1n) is 8.89. The van der Waals surface area contributed by atoms with Crippen LogP contribution in [0.15, 0.2) is 46.9 Å². The summed E-state index contributed by atoms with van der Waals surface area (Å²) in [5.41, 5.74) is 1.10. The fourth-order valence-corrected chi connectivity index (χ4v) is 4.70. The molecule has 0 bridgehead atoms. The molecule has 1 fully saturated rings. The van der Waals surface area contributed by atoms with Gasteiger partial charge in [-0.3, -0.25) is 4.79 Å². The second kappa shape index (κ2) is 8.93. The predicted octanol–water partition coefficient (Wildman–Crippen LogP) is 2.88. The Labute approximate surface area is 176 Å². The molecule has 0 saturated carbocycles. The van der Waals surface area contributed by atoms with Gasteiger partial charge < -0.3 is 9.80 Å². The van der Waals surface area contributed by atoms with Crippen LogP contribution < -0.4 is 4.90 Å². The summed E-state index contributed by atoms with van der Waals surface area (Å²) in [6.07, 6.45) is 0. The maximum atomic E-state index is 12.6. The zero-order chi connectivity index (χ0) is 19.3. The Morgan fingerprint density at radius 2 is 2.04 bits per heavy atom. The summed E-state index contributed by atoms with van der Waals surface area (Å²) < 4.78 is 1.74. The molecule has 3 aromatic rings. The summed E-state index contributed by atoms with van der Waals surface area (Å²) in [6.45, 7) is 3.62. The van der Waals surface area contributed by atoms with Gasteiger partial charge in [0.15, 0.2) is 0 Å². The van der Waals surface area contributed by atoms with Crippen LogP contribution in [0.5, 0.6) is 0 Å². The fourth-order valence-electron chi connectivity index (χ4n) is 3.05. The molecule has 1 saturated heterocycles. The number of anilines is 1. The number of aromatic nitrogens is 4. The minimum atomic E-state index is 0.112. The van der Waals surface area contributed by atoms with Crippen molar-refractivity contribution in [2.75, 3.05) is 36.8 Å². The molecular weight excluding hydrogens is 416 g/mol. The number of hydrogen-bond donors (Lipinski definition) is 0. The molecule has 1 aliphatic heterocycles. The van der Waals surface area contributed by atoms with Crippen molar-refractivity contribution < 1.29 is 4.79 Å². The van der Waals surface area contributed by atoms with Gasteiger partial charge in [-0.25, -0.2) is 4.68 Å². The highest BCUT2D eigenvalue weighted by atomic mass is 35.5. The van der Waals surface area contributed by atoms with E-state index in [-0.39, 0.29) is 5.91 Å². The van der Waals surface area contributed by atoms with E-state index >= 15 is 0 Å². The quantitative estimate of drug-likeness (QED) is 0.556. The number of tetrazole rings is 1. The SMILES string of the molecule is O=C(CSc1nnnn1Cc1cccs1)N1CCN(c2cccc(Cl)c2)CC1. The van der Waals surface area contributed by atoms with Gasteiger partial charge in [0.2, 0.25) is 11.1 Å². The average Bonchev–Trinajstić information content (AvgIpc) is 3.39. The molecule has 0 aliphatic carbocycles. The molecule has 0 radical (unpaired) electrons. The zero-order valence-corrected chi connectivity index (χ0v) is 17.5. The molecule has 0 N–H and O–H groups in total. The Hall–Kier alpha value is -2.10. The molecular formula is C18H19ClN6OS2. The van der Waals surface area contributed by atoms with Crippen LogP contribution in [0.25, 0.3) is 0 Å². The first-order valence-corrected chi connectivity index (χ1v) is 11.1. The monoisotopic (exact) mass is 434 g/mol. The van der Waals surface area contributed by atoms with Crippen molar-refractivity contribution in [2.24, 2.45) is 0 Å². The van der Waals surface area contributed by atoms with Crippen molar-refractivity contribution in [1.82, 2.24) is 25.1 Å². The minimum absolute atomic E-state index is 0.112. The van der Waals surface area contributed by atoms with Crippen LogP contribution in [0, 0.1) is 0 Å². The lowest BCUT2D eigenvalue weighted by molar-refractivity contribution is -0.128. The number of rotatable bonds is 6. The van der Waals surface area contributed by atoms with Gasteiger partial charge in [0.05, 0.1) is 12.3 Å². The number of thiophene rings is 1. The molecule has 2 aromatic heterocycles. The summed E-state index contributed by atoms with van der Waals surface area (Å²) in [4.78, 5) is 17.9. The molecule has 10 heteroatoms. The highest BCUT2D eigenvalue weighted by molar-refractivity contribution is 7.99. The van der Waals surface area contributed by atoms with Gasteiger partial charge in [0.25, 0.3) is 0 Å². The average molecular weight is 435 g/mol. The van der Waals surface area contributed by atoms with Crippen molar-refractivity contribution >= 4 is 46.3 Å². The lowest BCUT2D eigenvalue weighted by atomic mass is 10.2. The third-order valence-electron chi connectivity index (χ3n) is 4.52. The van der Waals surface area contributed by atoms with Crippen LogP contribution in [-0.4, -0.2) is 62.9 Å². The van der Waals surface area contributed by atoms with Gasteiger partial charge in [-0.05, 0) is 40.1 Å². The maximum absolute atomic E-state index is 12.6. The summed E-state index contributed by atoms with van der Waals surface area (Å²) >= 11 is 9.13. The van der Waals surface area contributed by atoms with E-state index in [0.717, 1.165) is 23.8 Å². The van der Waals surface area contributed by atoms with Crippen LogP contribution in [0.1, 0.15) is 4.88 Å². The number of hydrogen-bond acceptors (Lipinski definition) is 7. The van der Waals surface area contributed by atoms with Gasteiger partial charge in [-0.2, -0.15) is 0 Å². The topological polar surface area (TPSA) is 67.2 Å². The van der Waals surface area contributed by atoms with E-state index in [1.807, 2.05) is 46.7 Å². The van der Waals surface area contributed by atoms with E-state index in [1.165, 1.54) is 16.6 Å². The summed E-state index contributed by atoms with van der Waals surface area (Å²) in [5, 5.41) is 15.3. The number of halogens is 1. The number of piperazine rings is 1. The molecule has 28 heavy (non-hydrogen) atoms. The normalized spacial score (nSPS) is 14.5. The standard InChI is InChI=1S/C18H19ClN6OS2/c19-14-3-1-4-15(11-14)23-6-8-24(9-7-23)17(26)13-28-18-20-21-22-25(18)12-16-5-2-10-27-16/h1-5,10-11H,6-9,12-13H2. The van der Waals surface area contributed by atoms with Crippen molar-refractivity contribution in [3.8, 4) is 0 Å². The largest absolute Gasteiger partial charge is 0.368 e. The Balaban J connectivity index is 1.28. The van der Waals surface area contributed by atoms with E-state index in [0.29, 0.717) is 30.5 Å². The molecule has 1 aromatic carbocycles. The molecule has 1 aliphatic rings. The van der Waals surface area contributed by atoms with Gasteiger partial charge >= 0.3 is 0 Å². The molecule has 4 rings (SSSR count). The Morgan fingerprint density at radius 3 is 2.79 bits per heavy atom. The van der Waals surface area contributed by atoms with Crippen molar-refractivity contribution in [1.29, 1.82) is 0 Å². The van der Waals surface area contributed by atoms with Crippen molar-refractivity contribution in [3.63, 3.8) is 0 Å². The summed E-state index contributed by atoms with van der Waals surface area (Å²) in [5.74, 6) is 0.448. The fraction of sp³-hybridized carbons (Fsp3) is 0.333. The molecule has 0 unspecified atom stereocenters. The van der Waals surface area contributed by atoms with Gasteiger partial charge in [-0.1, -0.05) is 35.5 Å². The number of amides is 1. The third-order valence-corrected chi connectivity index (χ3v) is 6.55. The van der Waals surface area contributed by atoms with Crippen LogP contribution >= 0.6 is 34.7 Å². The lowest BCUT2D eigenvalue weighted by Gasteiger charge is -2.36. The number of nitrogens with zero attached hydrogens (tertiary/aromatic N) is 6. The van der Waals surface area contributed by atoms with Crippen molar-refractivity contribution in [3.05, 3.63) is 51.7 Å². The van der Waals surface area contributed by atoms with E-state index in [9.17, 15) is 4.79 Å². The highest BCUT2D eigenvalue weighted by Gasteiger charge is 2.22. The molecule has 0 spiro atoms. The Kier molecular flexibility index (Phi) is 6.13. The number of benzene rings is 1. The van der Waals surface area contributed by atoms with Gasteiger partial charge in [0.1, 0.15) is 0 Å². The summed E-state index contributed by atoms with van der Waals surface area (Å²) in [6, 6.07) is 11.9. The summed E-state index contributed by atoms with van der Waals surface area (Å²) in [7, 11) is 0. The minimum Gasteiger partial charge on any atom is -0.368 e. The lowest BCUT2D eigenvalue weighted by Crippen LogP contribution is -2.49. The van der Waals surface area contributed by atoms with Crippen LogP contribution in [-0.2, 0) is 11.3 Å². The van der Waals surface area contributed by atoms with Crippen LogP contribution in [0.3, 0.4) is 0 Å². The second-order valence-corrected chi connectivity index (χ2v) is 8.75. The van der Waals surface area contributed by atoms with E-state index < -0.39 is 0 Å². The molecule has 146 valence electrons. The third kappa shape index (κ3) is 4.65. The van der Waals surface area contributed by atoms with Crippen molar-refractivity contribution in [2.45, 2.75) is 11.7 Å². The molecule has 7 nitrogen and oxygen atoms in total. The molecule has 1 amide bonds. The number of carbonyl (C=O) groups excluding carboxylic acids is 1. The molecule has 3 heterocycles.